The predicted octanol–water partition coefficient (Wildman–Crippen LogP) is 6.79. The van der Waals surface area contributed by atoms with Gasteiger partial charge in [0.1, 0.15) is 12.6 Å². The first-order chi connectivity index (χ1) is 19.2. The number of carbonyl (C=O) groups excluding carboxylic acids is 2. The zero-order valence-electron chi connectivity index (χ0n) is 23.6. The van der Waals surface area contributed by atoms with E-state index in [1.807, 2.05) is 20.8 Å². The molecule has 0 aliphatic carbocycles. The second-order valence-electron chi connectivity index (χ2n) is 10.1. The zero-order chi connectivity index (χ0) is 30.5. The van der Waals surface area contributed by atoms with E-state index in [4.69, 9.17) is 34.8 Å². The maximum Gasteiger partial charge on any atom is 0.264 e. The topological polar surface area (TPSA) is 86.8 Å². The fourth-order valence-electron chi connectivity index (χ4n) is 4.34. The van der Waals surface area contributed by atoms with Gasteiger partial charge >= 0.3 is 0 Å². The molecule has 3 aromatic carbocycles. The molecular formula is C30H34Cl3N3O4S. The van der Waals surface area contributed by atoms with Crippen LogP contribution >= 0.6 is 34.8 Å². The summed E-state index contributed by atoms with van der Waals surface area (Å²) in [6, 6.07) is 15.2. The molecule has 0 heterocycles. The van der Waals surface area contributed by atoms with E-state index in [-0.39, 0.29) is 29.1 Å². The highest BCUT2D eigenvalue weighted by Crippen LogP contribution is 2.30. The summed E-state index contributed by atoms with van der Waals surface area (Å²) < 4.78 is 29.1. The standard InChI is InChI=1S/C30H34Cl3N3O4S/c1-6-27(30(38)34-19(2)3)35(17-22-10-14-25(32)26(33)15-22)29(37)18-36(28-16-23(31)11-9-21(28)5)41(39,40)24-12-7-20(4)8-13-24/h7-16,19,27H,6,17-18H2,1-5H3,(H,34,38)/t27-/m1/s1. The monoisotopic (exact) mass is 637 g/mol. The molecule has 1 atom stereocenters. The Balaban J connectivity index is 2.12. The van der Waals surface area contributed by atoms with Gasteiger partial charge < -0.3 is 10.2 Å². The van der Waals surface area contributed by atoms with E-state index in [2.05, 4.69) is 5.32 Å². The molecule has 0 aliphatic heterocycles. The number of hydrogen-bond acceptors (Lipinski definition) is 4. The summed E-state index contributed by atoms with van der Waals surface area (Å²) in [5, 5.41) is 3.84. The van der Waals surface area contributed by atoms with Crippen LogP contribution in [0.2, 0.25) is 15.1 Å². The van der Waals surface area contributed by atoms with E-state index < -0.39 is 28.5 Å². The SMILES string of the molecule is CC[C@H](C(=O)NC(C)C)N(Cc1ccc(Cl)c(Cl)c1)C(=O)CN(c1cc(Cl)ccc1C)S(=O)(=O)c1ccc(C)cc1. The fourth-order valence-corrected chi connectivity index (χ4v) is 6.29. The molecule has 0 radical (unpaired) electrons. The van der Waals surface area contributed by atoms with Crippen LogP contribution in [-0.2, 0) is 26.2 Å². The van der Waals surface area contributed by atoms with Gasteiger partial charge in [0.15, 0.2) is 0 Å². The number of benzene rings is 3. The van der Waals surface area contributed by atoms with Crippen LogP contribution in [0.5, 0.6) is 0 Å². The molecule has 1 N–H and O–H groups in total. The average Bonchev–Trinajstić information content (AvgIpc) is 2.90. The molecule has 0 unspecified atom stereocenters. The van der Waals surface area contributed by atoms with Crippen molar-refractivity contribution in [1.82, 2.24) is 10.2 Å². The fraction of sp³-hybridized carbons (Fsp3) is 0.333. The second-order valence-corrected chi connectivity index (χ2v) is 13.2. The molecule has 0 saturated carbocycles. The maximum atomic E-state index is 14.1. The first-order valence-corrected chi connectivity index (χ1v) is 15.7. The van der Waals surface area contributed by atoms with Gasteiger partial charge in [-0.15, -0.1) is 0 Å². The molecule has 3 rings (SSSR count). The first-order valence-electron chi connectivity index (χ1n) is 13.1. The number of sulfonamides is 1. The largest absolute Gasteiger partial charge is 0.352 e. The van der Waals surface area contributed by atoms with Gasteiger partial charge in [0.25, 0.3) is 10.0 Å². The van der Waals surface area contributed by atoms with Crippen LogP contribution in [0.4, 0.5) is 5.69 Å². The Morgan fingerprint density at radius 1 is 0.902 bits per heavy atom. The van der Waals surface area contributed by atoms with Crippen LogP contribution in [0.15, 0.2) is 65.6 Å². The van der Waals surface area contributed by atoms with Gasteiger partial charge in [-0.2, -0.15) is 0 Å². The summed E-state index contributed by atoms with van der Waals surface area (Å²) in [7, 11) is -4.21. The first kappa shape index (κ1) is 32.7. The van der Waals surface area contributed by atoms with Gasteiger partial charge in [-0.1, -0.05) is 71.6 Å². The minimum absolute atomic E-state index is 0.00664. The summed E-state index contributed by atoms with van der Waals surface area (Å²) >= 11 is 18.6. The molecule has 7 nitrogen and oxygen atoms in total. The van der Waals surface area contributed by atoms with Crippen molar-refractivity contribution in [3.8, 4) is 0 Å². The van der Waals surface area contributed by atoms with Crippen LogP contribution in [0.1, 0.15) is 43.9 Å². The van der Waals surface area contributed by atoms with Gasteiger partial charge in [0, 0.05) is 17.6 Å². The Kier molecular flexibility index (Phi) is 11.1. The third kappa shape index (κ3) is 8.16. The highest BCUT2D eigenvalue weighted by atomic mass is 35.5. The summed E-state index contributed by atoms with van der Waals surface area (Å²) in [6.07, 6.45) is 0.298. The van der Waals surface area contributed by atoms with Crippen molar-refractivity contribution >= 4 is 62.3 Å². The minimum atomic E-state index is -4.21. The van der Waals surface area contributed by atoms with Crippen molar-refractivity contribution in [2.75, 3.05) is 10.8 Å². The van der Waals surface area contributed by atoms with Crippen molar-refractivity contribution in [2.45, 2.75) is 64.6 Å². The Labute approximate surface area is 257 Å². The lowest BCUT2D eigenvalue weighted by atomic mass is 10.1. The maximum absolute atomic E-state index is 14.1. The van der Waals surface area contributed by atoms with Crippen LogP contribution in [0, 0.1) is 13.8 Å². The molecular weight excluding hydrogens is 605 g/mol. The highest BCUT2D eigenvalue weighted by Gasteiger charge is 2.34. The molecule has 0 fully saturated rings. The molecule has 0 aliphatic rings. The molecule has 220 valence electrons. The average molecular weight is 639 g/mol. The summed E-state index contributed by atoms with van der Waals surface area (Å²) in [4.78, 5) is 28.8. The zero-order valence-corrected chi connectivity index (χ0v) is 26.7. The number of anilines is 1. The van der Waals surface area contributed by atoms with E-state index in [0.717, 1.165) is 9.87 Å². The number of nitrogens with one attached hydrogen (secondary N) is 1. The van der Waals surface area contributed by atoms with Crippen LogP contribution in [-0.4, -0.2) is 43.8 Å². The third-order valence-electron chi connectivity index (χ3n) is 6.48. The molecule has 0 spiro atoms. The van der Waals surface area contributed by atoms with Gasteiger partial charge in [0.05, 0.1) is 20.6 Å². The summed E-state index contributed by atoms with van der Waals surface area (Å²) in [5.41, 5.74) is 2.40. The van der Waals surface area contributed by atoms with Crippen LogP contribution < -0.4 is 9.62 Å². The highest BCUT2D eigenvalue weighted by molar-refractivity contribution is 7.92. The molecule has 11 heteroatoms. The van der Waals surface area contributed by atoms with Crippen molar-refractivity contribution < 1.29 is 18.0 Å². The lowest BCUT2D eigenvalue weighted by Gasteiger charge is -2.34. The number of amides is 2. The van der Waals surface area contributed by atoms with E-state index >= 15 is 0 Å². The Hall–Kier alpha value is -2.78. The number of nitrogens with zero attached hydrogens (tertiary/aromatic N) is 2. The number of carbonyl (C=O) groups is 2. The lowest BCUT2D eigenvalue weighted by Crippen LogP contribution is -2.53. The second kappa shape index (κ2) is 13.9. The Morgan fingerprint density at radius 3 is 2.15 bits per heavy atom. The van der Waals surface area contributed by atoms with E-state index in [9.17, 15) is 18.0 Å². The number of aryl methyl sites for hydroxylation is 2. The smallest absolute Gasteiger partial charge is 0.264 e. The van der Waals surface area contributed by atoms with Crippen molar-refractivity contribution in [2.24, 2.45) is 0 Å². The Morgan fingerprint density at radius 2 is 1.56 bits per heavy atom. The van der Waals surface area contributed by atoms with Crippen molar-refractivity contribution in [3.05, 3.63) is 92.4 Å². The van der Waals surface area contributed by atoms with Crippen LogP contribution in [0.3, 0.4) is 0 Å². The van der Waals surface area contributed by atoms with Crippen molar-refractivity contribution in [3.63, 3.8) is 0 Å². The lowest BCUT2D eigenvalue weighted by molar-refractivity contribution is -0.140. The van der Waals surface area contributed by atoms with Gasteiger partial charge in [-0.25, -0.2) is 8.42 Å². The molecule has 0 saturated heterocycles. The predicted molar refractivity (Wildman–Crippen MR) is 166 cm³/mol. The Bertz CT molecular complexity index is 1510. The number of rotatable bonds is 11. The van der Waals surface area contributed by atoms with E-state index in [1.165, 1.54) is 23.1 Å². The van der Waals surface area contributed by atoms with Gasteiger partial charge in [-0.3, -0.25) is 13.9 Å². The van der Waals surface area contributed by atoms with E-state index in [0.29, 0.717) is 32.6 Å². The molecule has 0 aromatic heterocycles. The molecule has 41 heavy (non-hydrogen) atoms. The van der Waals surface area contributed by atoms with Crippen LogP contribution in [0.25, 0.3) is 0 Å². The van der Waals surface area contributed by atoms with Gasteiger partial charge in [-0.05, 0) is 81.6 Å². The van der Waals surface area contributed by atoms with E-state index in [1.54, 1.807) is 56.3 Å². The quantitative estimate of drug-likeness (QED) is 0.251. The number of hydrogen-bond donors (Lipinski definition) is 1. The number of halogens is 3. The molecule has 3 aromatic rings. The van der Waals surface area contributed by atoms with Crippen molar-refractivity contribution in [1.29, 1.82) is 0 Å². The minimum Gasteiger partial charge on any atom is -0.352 e. The summed E-state index contributed by atoms with van der Waals surface area (Å²) in [5.74, 6) is -0.917. The molecule has 2 amide bonds. The summed E-state index contributed by atoms with van der Waals surface area (Å²) in [6.45, 7) is 8.48. The molecule has 0 bridgehead atoms. The van der Waals surface area contributed by atoms with Gasteiger partial charge in [0.2, 0.25) is 11.8 Å². The third-order valence-corrected chi connectivity index (χ3v) is 9.23. The normalized spacial score (nSPS) is 12.2.